The summed E-state index contributed by atoms with van der Waals surface area (Å²) in [6, 6.07) is 23.5. The van der Waals surface area contributed by atoms with Gasteiger partial charge in [0.1, 0.15) is 6.10 Å². The van der Waals surface area contributed by atoms with E-state index in [4.69, 9.17) is 9.82 Å². The van der Waals surface area contributed by atoms with Gasteiger partial charge in [-0.2, -0.15) is 0 Å². The molecule has 0 saturated carbocycles. The molecule has 31 heavy (non-hydrogen) atoms. The van der Waals surface area contributed by atoms with Gasteiger partial charge >= 0.3 is 0 Å². The first-order valence-corrected chi connectivity index (χ1v) is 10.4. The number of anilines is 1. The van der Waals surface area contributed by atoms with Crippen molar-refractivity contribution in [1.29, 1.82) is 0 Å². The second-order valence-electron chi connectivity index (χ2n) is 8.70. The third kappa shape index (κ3) is 4.43. The van der Waals surface area contributed by atoms with Crippen LogP contribution in [0.2, 0.25) is 0 Å². The molecule has 0 saturated heterocycles. The predicted molar refractivity (Wildman–Crippen MR) is 126 cm³/mol. The van der Waals surface area contributed by atoms with Crippen LogP contribution in [-0.2, 0) is 10.3 Å². The van der Waals surface area contributed by atoms with Crippen molar-refractivity contribution in [3.05, 3.63) is 83.9 Å². The van der Waals surface area contributed by atoms with E-state index in [9.17, 15) is 4.79 Å². The molecule has 0 fully saturated rings. The lowest BCUT2D eigenvalue weighted by Gasteiger charge is -2.19. The topological polar surface area (TPSA) is 63.2 Å². The monoisotopic (exact) mass is 413 g/mol. The van der Waals surface area contributed by atoms with Crippen LogP contribution in [0.3, 0.4) is 0 Å². The van der Waals surface area contributed by atoms with Gasteiger partial charge in [0.2, 0.25) is 0 Å². The van der Waals surface area contributed by atoms with Crippen LogP contribution in [0.15, 0.2) is 72.8 Å². The molecule has 0 aliphatic rings. The lowest BCUT2D eigenvalue weighted by Crippen LogP contribution is -2.32. The number of hydrogen-bond acceptors (Lipinski definition) is 5. The molecule has 1 atom stereocenters. The number of rotatable bonds is 6. The number of hydrogen-bond donors (Lipinski definition) is 2. The highest BCUT2D eigenvalue weighted by atomic mass is 16.7. The van der Waals surface area contributed by atoms with Crippen LogP contribution in [0, 0.1) is 0 Å². The van der Waals surface area contributed by atoms with Gasteiger partial charge in [-0.3, -0.25) is 15.1 Å². The van der Waals surface area contributed by atoms with E-state index in [0.29, 0.717) is 5.56 Å². The smallest absolute Gasteiger partial charge is 0.193 e. The Balaban J connectivity index is 1.49. The minimum atomic E-state index is -0.660. The second kappa shape index (κ2) is 8.46. The Labute approximate surface area is 182 Å². The van der Waals surface area contributed by atoms with Crippen molar-refractivity contribution in [3.63, 3.8) is 0 Å². The summed E-state index contributed by atoms with van der Waals surface area (Å²) in [7, 11) is 0. The molecule has 0 aliphatic carbocycles. The number of carbonyl (C=O) groups excluding carboxylic acids is 1. The van der Waals surface area contributed by atoms with Gasteiger partial charge in [0.05, 0.1) is 16.7 Å². The van der Waals surface area contributed by atoms with Crippen molar-refractivity contribution in [2.45, 2.75) is 39.2 Å². The lowest BCUT2D eigenvalue weighted by molar-refractivity contribution is 0.00520. The summed E-state index contributed by atoms with van der Waals surface area (Å²) >= 11 is 0. The number of fused-ring (bicyclic) bond motifs is 2. The molecule has 3 aromatic carbocycles. The van der Waals surface area contributed by atoms with E-state index in [2.05, 4.69) is 31.8 Å². The third-order valence-electron chi connectivity index (χ3n) is 5.40. The number of Topliss-reactive ketones (excluding diaryl/α,β-unsaturated/α-hetero) is 1. The van der Waals surface area contributed by atoms with Gasteiger partial charge in [-0.1, -0.05) is 81.4 Å². The van der Waals surface area contributed by atoms with Crippen LogP contribution in [-0.4, -0.2) is 16.9 Å². The number of hydrazine groups is 1. The highest BCUT2D eigenvalue weighted by molar-refractivity contribution is 6.07. The van der Waals surface area contributed by atoms with Crippen LogP contribution in [0.25, 0.3) is 21.8 Å². The van der Waals surface area contributed by atoms with Gasteiger partial charge < -0.3 is 0 Å². The van der Waals surface area contributed by atoms with Crippen LogP contribution in [0.4, 0.5) is 5.69 Å². The van der Waals surface area contributed by atoms with E-state index in [1.807, 2.05) is 72.8 Å². The molecule has 4 rings (SSSR count). The molecule has 1 aromatic heterocycles. The Morgan fingerprint density at radius 3 is 1.97 bits per heavy atom. The normalized spacial score (nSPS) is 12.8. The molecule has 0 radical (unpaired) electrons. The van der Waals surface area contributed by atoms with Crippen molar-refractivity contribution in [2.75, 3.05) is 5.43 Å². The van der Waals surface area contributed by atoms with Crippen molar-refractivity contribution >= 4 is 33.3 Å². The molecule has 0 amide bonds. The molecule has 5 heteroatoms. The highest BCUT2D eigenvalue weighted by Gasteiger charge is 2.19. The van der Waals surface area contributed by atoms with Crippen LogP contribution >= 0.6 is 0 Å². The van der Waals surface area contributed by atoms with E-state index >= 15 is 0 Å². The summed E-state index contributed by atoms with van der Waals surface area (Å²) in [5.74, 6) is -0.0841. The molecule has 2 N–H and O–H groups in total. The standard InChI is InChI=1S/C26H27N3O2/c1-17(25(30)18-13-15-19(16-14-18)26(2,3)4)31-29-28-24-20-9-5-7-11-22(20)27-23-12-8-6-10-21(23)24/h5-17,29H,1-4H3,(H,27,28). The fourth-order valence-corrected chi connectivity index (χ4v) is 3.57. The number of ketones is 1. The maximum Gasteiger partial charge on any atom is 0.193 e. The first-order valence-electron chi connectivity index (χ1n) is 10.4. The SMILES string of the molecule is CC(ONNc1c2ccccc2nc2ccccc12)C(=O)c1ccc(C(C)(C)C)cc1. The number of pyridine rings is 1. The van der Waals surface area contributed by atoms with E-state index in [0.717, 1.165) is 27.5 Å². The molecule has 0 bridgehead atoms. The maximum absolute atomic E-state index is 12.8. The number of nitrogens with zero attached hydrogens (tertiary/aromatic N) is 1. The molecule has 1 heterocycles. The number of para-hydroxylation sites is 2. The fourth-order valence-electron chi connectivity index (χ4n) is 3.57. The van der Waals surface area contributed by atoms with Gasteiger partial charge in [0, 0.05) is 16.3 Å². The summed E-state index contributed by atoms with van der Waals surface area (Å²) in [6.07, 6.45) is -0.660. The summed E-state index contributed by atoms with van der Waals surface area (Å²) in [5, 5.41) is 1.93. The molecule has 158 valence electrons. The van der Waals surface area contributed by atoms with Gasteiger partial charge in [0.15, 0.2) is 5.78 Å². The second-order valence-corrected chi connectivity index (χ2v) is 8.70. The minimum Gasteiger partial charge on any atom is -0.297 e. The molecular formula is C26H27N3O2. The Morgan fingerprint density at radius 2 is 1.42 bits per heavy atom. The van der Waals surface area contributed by atoms with E-state index in [1.54, 1.807) is 6.92 Å². The van der Waals surface area contributed by atoms with Crippen LogP contribution in [0.1, 0.15) is 43.6 Å². The summed E-state index contributed by atoms with van der Waals surface area (Å²) in [5.41, 5.74) is 10.4. The molecule has 1 unspecified atom stereocenters. The number of carbonyl (C=O) groups is 1. The van der Waals surface area contributed by atoms with Crippen molar-refractivity contribution in [3.8, 4) is 0 Å². The Morgan fingerprint density at radius 1 is 0.871 bits per heavy atom. The lowest BCUT2D eigenvalue weighted by atomic mass is 9.86. The summed E-state index contributed by atoms with van der Waals surface area (Å²) < 4.78 is 0. The number of nitrogens with one attached hydrogen (secondary N) is 2. The van der Waals surface area contributed by atoms with E-state index in [-0.39, 0.29) is 11.2 Å². The molecule has 0 spiro atoms. The van der Waals surface area contributed by atoms with Crippen LogP contribution in [0.5, 0.6) is 0 Å². The zero-order valence-corrected chi connectivity index (χ0v) is 18.3. The average Bonchev–Trinajstić information content (AvgIpc) is 2.77. The molecular weight excluding hydrogens is 386 g/mol. The first-order chi connectivity index (χ1) is 14.8. The Kier molecular flexibility index (Phi) is 5.72. The predicted octanol–water partition coefficient (Wildman–Crippen LogP) is 5.81. The van der Waals surface area contributed by atoms with E-state index < -0.39 is 6.10 Å². The molecule has 5 nitrogen and oxygen atoms in total. The van der Waals surface area contributed by atoms with Crippen molar-refractivity contribution in [2.24, 2.45) is 0 Å². The van der Waals surface area contributed by atoms with Gasteiger partial charge in [-0.05, 0) is 30.0 Å². The maximum atomic E-state index is 12.8. The summed E-state index contributed by atoms with van der Waals surface area (Å²) in [6.45, 7) is 8.18. The van der Waals surface area contributed by atoms with E-state index in [1.165, 1.54) is 5.56 Å². The zero-order valence-electron chi connectivity index (χ0n) is 18.3. The Bertz CT molecular complexity index is 1170. The molecule has 0 aliphatic heterocycles. The zero-order chi connectivity index (χ0) is 22.0. The van der Waals surface area contributed by atoms with Crippen LogP contribution < -0.4 is 11.0 Å². The molecule has 4 aromatic rings. The van der Waals surface area contributed by atoms with Crippen molar-refractivity contribution in [1.82, 2.24) is 10.6 Å². The largest absolute Gasteiger partial charge is 0.297 e. The van der Waals surface area contributed by atoms with Gasteiger partial charge in [-0.25, -0.2) is 4.98 Å². The minimum absolute atomic E-state index is 0.0469. The van der Waals surface area contributed by atoms with Gasteiger partial charge in [-0.15, -0.1) is 5.59 Å². The van der Waals surface area contributed by atoms with Gasteiger partial charge in [0.25, 0.3) is 0 Å². The quantitative estimate of drug-likeness (QED) is 0.237. The number of aromatic nitrogens is 1. The third-order valence-corrected chi connectivity index (χ3v) is 5.40. The fraction of sp³-hybridized carbons (Fsp3) is 0.231. The number of benzene rings is 3. The average molecular weight is 414 g/mol. The Hall–Kier alpha value is -3.28. The summed E-state index contributed by atoms with van der Waals surface area (Å²) in [4.78, 5) is 23.1. The first kappa shape index (κ1) is 21.0. The highest BCUT2D eigenvalue weighted by Crippen LogP contribution is 2.30. The van der Waals surface area contributed by atoms with Crippen molar-refractivity contribution < 1.29 is 9.63 Å².